The van der Waals surface area contributed by atoms with E-state index in [-0.39, 0.29) is 23.4 Å². The van der Waals surface area contributed by atoms with Gasteiger partial charge in [-0.3, -0.25) is 28.8 Å². The zero-order valence-corrected chi connectivity index (χ0v) is 19.4. The molecule has 3 aliphatic rings. The first-order chi connectivity index (χ1) is 15.0. The second kappa shape index (κ2) is 9.80. The number of hydrogen-bond acceptors (Lipinski definition) is 6. The van der Waals surface area contributed by atoms with E-state index in [0.29, 0.717) is 30.1 Å². The fraction of sp³-hybridized carbons (Fsp3) is 0.538. The van der Waals surface area contributed by atoms with E-state index in [0.717, 1.165) is 37.7 Å². The first-order valence-corrected chi connectivity index (χ1v) is 11.1. The highest BCUT2D eigenvalue weighted by Crippen LogP contribution is 2.49. The molecule has 3 rings (SSSR count). The maximum Gasteiger partial charge on any atom is 0.205 e. The second-order valence-corrected chi connectivity index (χ2v) is 9.37. The van der Waals surface area contributed by atoms with Gasteiger partial charge in [0.05, 0.1) is 10.8 Å². The van der Waals surface area contributed by atoms with Gasteiger partial charge >= 0.3 is 0 Å². The van der Waals surface area contributed by atoms with Gasteiger partial charge in [0.1, 0.15) is 0 Å². The van der Waals surface area contributed by atoms with E-state index in [1.807, 2.05) is 13.8 Å². The molecule has 0 aromatic carbocycles. The van der Waals surface area contributed by atoms with Gasteiger partial charge in [-0.05, 0) is 63.9 Å². The van der Waals surface area contributed by atoms with Crippen LogP contribution < -0.4 is 0 Å². The normalized spacial score (nSPS) is 31.5. The summed E-state index contributed by atoms with van der Waals surface area (Å²) in [5.74, 6) is -1.09. The van der Waals surface area contributed by atoms with Crippen molar-refractivity contribution in [2.75, 3.05) is 0 Å². The number of allylic oxidation sites excluding steroid dienone is 5. The summed E-state index contributed by atoms with van der Waals surface area (Å²) in [6.07, 6.45) is 8.30. The van der Waals surface area contributed by atoms with Crippen LogP contribution in [0.15, 0.2) is 35.5 Å². The van der Waals surface area contributed by atoms with E-state index in [4.69, 9.17) is 0 Å². The number of carbonyl (C=O) groups is 6. The topological polar surface area (TPSA) is 102 Å². The number of aldehydes is 2. The number of Topliss-reactive ketones (excluding diaryl/α,β-unsaturated/α-hetero) is 3. The summed E-state index contributed by atoms with van der Waals surface area (Å²) in [7, 11) is 0. The third-order valence-electron chi connectivity index (χ3n) is 7.85. The predicted octanol–water partition coefficient (Wildman–Crippen LogP) is 3.72. The third-order valence-corrected chi connectivity index (χ3v) is 7.85. The van der Waals surface area contributed by atoms with Crippen LogP contribution in [-0.2, 0) is 28.8 Å². The highest BCUT2D eigenvalue weighted by Gasteiger charge is 2.49. The van der Waals surface area contributed by atoms with Crippen LogP contribution in [0, 0.1) is 22.7 Å². The summed E-state index contributed by atoms with van der Waals surface area (Å²) in [6, 6.07) is 0. The minimum Gasteiger partial charge on any atom is -0.295 e. The van der Waals surface area contributed by atoms with Crippen molar-refractivity contribution in [1.82, 2.24) is 0 Å². The van der Waals surface area contributed by atoms with Gasteiger partial charge in [0.2, 0.25) is 11.6 Å². The van der Waals surface area contributed by atoms with Crippen LogP contribution in [0.4, 0.5) is 0 Å². The Labute approximate surface area is 189 Å². The lowest BCUT2D eigenvalue weighted by Gasteiger charge is -2.38. The SMILES string of the molecule is C=CC(=O)C1=CCC[C@@H](C)[C@@]1(C)C(=O)C=O.C[C@@H]1CCC2=C(C(=O)CC2)[C@]1(C)C(=O)C=O. The first kappa shape index (κ1) is 25.5. The maximum atomic E-state index is 11.9. The minimum atomic E-state index is -0.981. The molecule has 0 amide bonds. The Morgan fingerprint density at radius 1 is 0.938 bits per heavy atom. The van der Waals surface area contributed by atoms with Crippen molar-refractivity contribution >= 4 is 35.7 Å². The van der Waals surface area contributed by atoms with Gasteiger partial charge in [-0.15, -0.1) is 0 Å². The molecule has 0 aliphatic heterocycles. The van der Waals surface area contributed by atoms with E-state index in [1.54, 1.807) is 19.9 Å². The fourth-order valence-electron chi connectivity index (χ4n) is 5.24. The maximum absolute atomic E-state index is 11.9. The van der Waals surface area contributed by atoms with Gasteiger partial charge < -0.3 is 0 Å². The molecule has 0 unspecified atom stereocenters. The number of hydrogen-bond donors (Lipinski definition) is 0. The molecular formula is C26H32O6. The molecule has 0 aromatic heterocycles. The minimum absolute atomic E-state index is 0.00546. The van der Waals surface area contributed by atoms with Crippen molar-refractivity contribution in [3.05, 3.63) is 35.5 Å². The Balaban J connectivity index is 0.000000227. The highest BCUT2D eigenvalue weighted by molar-refractivity contribution is 6.31. The van der Waals surface area contributed by atoms with Crippen LogP contribution in [0.5, 0.6) is 0 Å². The Morgan fingerprint density at radius 3 is 2.06 bits per heavy atom. The van der Waals surface area contributed by atoms with E-state index < -0.39 is 22.4 Å². The summed E-state index contributed by atoms with van der Waals surface area (Å²) >= 11 is 0. The zero-order valence-electron chi connectivity index (χ0n) is 19.4. The van der Waals surface area contributed by atoms with Crippen molar-refractivity contribution in [3.8, 4) is 0 Å². The van der Waals surface area contributed by atoms with Crippen molar-refractivity contribution in [2.24, 2.45) is 22.7 Å². The molecule has 0 N–H and O–H groups in total. The van der Waals surface area contributed by atoms with Crippen LogP contribution in [0.3, 0.4) is 0 Å². The summed E-state index contributed by atoms with van der Waals surface area (Å²) < 4.78 is 0. The smallest absolute Gasteiger partial charge is 0.205 e. The summed E-state index contributed by atoms with van der Waals surface area (Å²) in [5, 5.41) is 0. The molecular weight excluding hydrogens is 408 g/mol. The predicted molar refractivity (Wildman–Crippen MR) is 120 cm³/mol. The average molecular weight is 441 g/mol. The van der Waals surface area contributed by atoms with Gasteiger partial charge in [0.25, 0.3) is 0 Å². The van der Waals surface area contributed by atoms with E-state index in [2.05, 4.69) is 6.58 Å². The average Bonchev–Trinajstić information content (AvgIpc) is 3.18. The van der Waals surface area contributed by atoms with Gasteiger partial charge in [-0.1, -0.05) is 32.1 Å². The molecule has 0 fully saturated rings. The van der Waals surface area contributed by atoms with Crippen LogP contribution in [0.2, 0.25) is 0 Å². The zero-order chi connectivity index (χ0) is 24.3. The summed E-state index contributed by atoms with van der Waals surface area (Å²) in [4.78, 5) is 68.6. The van der Waals surface area contributed by atoms with Crippen molar-refractivity contribution in [2.45, 2.75) is 66.2 Å². The molecule has 0 spiro atoms. The Bertz CT molecular complexity index is 936. The second-order valence-electron chi connectivity index (χ2n) is 9.37. The lowest BCUT2D eigenvalue weighted by molar-refractivity contribution is -0.137. The highest BCUT2D eigenvalue weighted by atomic mass is 16.2. The Kier molecular flexibility index (Phi) is 7.81. The Hall–Kier alpha value is -2.76. The molecule has 0 saturated heterocycles. The van der Waals surface area contributed by atoms with Crippen molar-refractivity contribution < 1.29 is 28.8 Å². The van der Waals surface area contributed by atoms with Crippen LogP contribution in [0.25, 0.3) is 0 Å². The van der Waals surface area contributed by atoms with Crippen molar-refractivity contribution in [3.63, 3.8) is 0 Å². The molecule has 0 radical (unpaired) electrons. The molecule has 3 aliphatic carbocycles. The lowest BCUT2D eigenvalue weighted by atomic mass is 9.63. The molecule has 0 heterocycles. The van der Waals surface area contributed by atoms with Crippen LogP contribution >= 0.6 is 0 Å². The monoisotopic (exact) mass is 440 g/mol. The summed E-state index contributed by atoms with van der Waals surface area (Å²) in [5.41, 5.74) is 0.344. The molecule has 0 bridgehead atoms. The quantitative estimate of drug-likeness (QED) is 0.354. The van der Waals surface area contributed by atoms with Crippen LogP contribution in [-0.4, -0.2) is 35.7 Å². The number of carbonyl (C=O) groups excluding carboxylic acids is 6. The molecule has 172 valence electrons. The van der Waals surface area contributed by atoms with Gasteiger partial charge in [-0.25, -0.2) is 0 Å². The molecule has 6 heteroatoms. The molecule has 0 aromatic rings. The van der Waals surface area contributed by atoms with Crippen LogP contribution in [0.1, 0.15) is 66.2 Å². The molecule has 0 saturated carbocycles. The molecule has 4 atom stereocenters. The number of ketones is 4. The fourth-order valence-corrected chi connectivity index (χ4v) is 5.24. The number of rotatable bonds is 6. The largest absolute Gasteiger partial charge is 0.295 e. The summed E-state index contributed by atoms with van der Waals surface area (Å²) in [6.45, 7) is 10.7. The van der Waals surface area contributed by atoms with E-state index >= 15 is 0 Å². The first-order valence-electron chi connectivity index (χ1n) is 11.1. The van der Waals surface area contributed by atoms with Crippen molar-refractivity contribution in [1.29, 1.82) is 0 Å². The Morgan fingerprint density at radius 2 is 1.50 bits per heavy atom. The van der Waals surface area contributed by atoms with E-state index in [9.17, 15) is 28.8 Å². The lowest BCUT2D eigenvalue weighted by Crippen LogP contribution is -2.41. The standard InChI is InChI=1S/2C13H16O3/c1-8-3-4-9-5-6-10(15)12(9)13(8,2)11(16)7-14;1-4-11(15)10-7-5-6-9(2)13(10,3)12(16)8-14/h7-8H,3-6H2,1-2H3;4,7-9H,1,5-6H2,2-3H3/t8-,13+;9-,13-/m11/s1. The molecule has 32 heavy (non-hydrogen) atoms. The third kappa shape index (κ3) is 4.15. The van der Waals surface area contributed by atoms with Gasteiger partial charge in [0.15, 0.2) is 24.1 Å². The van der Waals surface area contributed by atoms with Gasteiger partial charge in [-0.2, -0.15) is 0 Å². The van der Waals surface area contributed by atoms with Gasteiger partial charge in [0, 0.05) is 17.6 Å². The molecule has 6 nitrogen and oxygen atoms in total. The van der Waals surface area contributed by atoms with E-state index in [1.165, 1.54) is 6.08 Å².